The predicted octanol–water partition coefficient (Wildman–Crippen LogP) is 2.48. The normalized spacial score (nSPS) is 16.7. The third-order valence-electron chi connectivity index (χ3n) is 4.90. The van der Waals surface area contributed by atoms with Crippen molar-refractivity contribution in [3.05, 3.63) is 64.7 Å². The molecule has 1 atom stereocenters. The van der Waals surface area contributed by atoms with Gasteiger partial charge in [0.15, 0.2) is 15.9 Å². The van der Waals surface area contributed by atoms with Crippen molar-refractivity contribution in [2.45, 2.75) is 30.7 Å². The number of hydrogen-bond acceptors (Lipinski definition) is 4. The summed E-state index contributed by atoms with van der Waals surface area (Å²) in [5.74, 6) is -1.56. The zero-order chi connectivity index (χ0) is 19.8. The Balaban J connectivity index is 2.09. The largest absolute Gasteiger partial charge is 0.479 e. The van der Waals surface area contributed by atoms with E-state index in [-0.39, 0.29) is 17.0 Å². The smallest absolute Gasteiger partial charge is 0.331 e. The molecular formula is C20H21NO5S. The van der Waals surface area contributed by atoms with E-state index in [1.807, 2.05) is 19.1 Å². The number of fused-ring (bicyclic) bond motifs is 1. The molecule has 7 heteroatoms. The van der Waals surface area contributed by atoms with E-state index in [0.717, 1.165) is 11.8 Å². The second kappa shape index (κ2) is 7.15. The number of carbonyl (C=O) groups is 2. The molecule has 0 aromatic heterocycles. The van der Waals surface area contributed by atoms with Crippen LogP contribution in [0.25, 0.3) is 0 Å². The number of sulfone groups is 1. The highest BCUT2D eigenvalue weighted by molar-refractivity contribution is 7.90. The molecule has 2 aromatic rings. The molecule has 1 heterocycles. The highest BCUT2D eigenvalue weighted by atomic mass is 32.2. The topological polar surface area (TPSA) is 91.8 Å². The second-order valence-electron chi connectivity index (χ2n) is 6.63. The minimum atomic E-state index is -3.48. The maximum atomic E-state index is 13.3. The van der Waals surface area contributed by atoms with Gasteiger partial charge in [-0.1, -0.05) is 37.3 Å². The Morgan fingerprint density at radius 1 is 1.19 bits per heavy atom. The van der Waals surface area contributed by atoms with E-state index in [4.69, 9.17) is 0 Å². The zero-order valence-corrected chi connectivity index (χ0v) is 16.0. The van der Waals surface area contributed by atoms with E-state index in [2.05, 4.69) is 0 Å². The maximum absolute atomic E-state index is 13.3. The van der Waals surface area contributed by atoms with Crippen LogP contribution in [0.5, 0.6) is 0 Å². The van der Waals surface area contributed by atoms with Gasteiger partial charge in [0.1, 0.15) is 0 Å². The van der Waals surface area contributed by atoms with Crippen LogP contribution in [0.2, 0.25) is 0 Å². The summed E-state index contributed by atoms with van der Waals surface area (Å²) in [4.78, 5) is 26.6. The quantitative estimate of drug-likeness (QED) is 0.870. The predicted molar refractivity (Wildman–Crippen MR) is 100 cm³/mol. The molecule has 0 spiro atoms. The van der Waals surface area contributed by atoms with E-state index in [9.17, 15) is 23.1 Å². The summed E-state index contributed by atoms with van der Waals surface area (Å²) in [6.45, 7) is 2.13. The Bertz CT molecular complexity index is 1010. The number of amides is 1. The third kappa shape index (κ3) is 3.60. The van der Waals surface area contributed by atoms with Gasteiger partial charge < -0.3 is 10.0 Å². The molecule has 1 N–H and O–H groups in total. The van der Waals surface area contributed by atoms with Crippen molar-refractivity contribution in [3.8, 4) is 0 Å². The Labute approximate surface area is 158 Å². The van der Waals surface area contributed by atoms with Crippen LogP contribution in [0, 0.1) is 0 Å². The van der Waals surface area contributed by atoms with Crippen molar-refractivity contribution in [3.63, 3.8) is 0 Å². The van der Waals surface area contributed by atoms with Gasteiger partial charge in [-0.3, -0.25) is 4.79 Å². The number of aryl methyl sites for hydroxylation is 1. The molecule has 27 heavy (non-hydrogen) atoms. The average molecular weight is 387 g/mol. The van der Waals surface area contributed by atoms with Crippen LogP contribution < -0.4 is 0 Å². The second-order valence-corrected chi connectivity index (χ2v) is 8.65. The molecule has 0 fully saturated rings. The number of nitrogens with zero attached hydrogens (tertiary/aromatic N) is 1. The molecule has 1 aliphatic rings. The Morgan fingerprint density at radius 3 is 2.52 bits per heavy atom. The van der Waals surface area contributed by atoms with E-state index in [1.54, 1.807) is 18.2 Å². The Morgan fingerprint density at radius 2 is 1.89 bits per heavy atom. The first-order chi connectivity index (χ1) is 12.7. The molecule has 0 aliphatic carbocycles. The van der Waals surface area contributed by atoms with Crippen molar-refractivity contribution in [2.75, 3.05) is 12.8 Å². The van der Waals surface area contributed by atoms with E-state index in [1.165, 1.54) is 17.0 Å². The lowest BCUT2D eigenvalue weighted by atomic mass is 9.91. The first kappa shape index (κ1) is 19.1. The van der Waals surface area contributed by atoms with Gasteiger partial charge in [0.2, 0.25) is 0 Å². The lowest BCUT2D eigenvalue weighted by Crippen LogP contribution is -2.43. The molecule has 1 aliphatic heterocycles. The molecule has 2 aromatic carbocycles. The van der Waals surface area contributed by atoms with Crippen molar-refractivity contribution in [1.82, 2.24) is 4.90 Å². The van der Waals surface area contributed by atoms with Gasteiger partial charge in [-0.2, -0.15) is 0 Å². The lowest BCUT2D eigenvalue weighted by Gasteiger charge is -2.35. The van der Waals surface area contributed by atoms with Crippen LogP contribution in [-0.4, -0.2) is 43.1 Å². The van der Waals surface area contributed by atoms with Crippen LogP contribution in [0.1, 0.15) is 40.0 Å². The minimum absolute atomic E-state index is 0.0485. The molecule has 0 saturated heterocycles. The molecule has 3 rings (SSSR count). The third-order valence-corrected chi connectivity index (χ3v) is 6.01. The van der Waals surface area contributed by atoms with Crippen LogP contribution in [-0.2, 0) is 27.5 Å². The van der Waals surface area contributed by atoms with Gasteiger partial charge in [0.05, 0.1) is 4.90 Å². The van der Waals surface area contributed by atoms with Gasteiger partial charge in [-0.25, -0.2) is 13.2 Å². The molecule has 0 bridgehead atoms. The van der Waals surface area contributed by atoms with Crippen molar-refractivity contribution in [1.29, 1.82) is 0 Å². The van der Waals surface area contributed by atoms with Crippen molar-refractivity contribution < 1.29 is 23.1 Å². The lowest BCUT2D eigenvalue weighted by molar-refractivity contribution is -0.143. The highest BCUT2D eigenvalue weighted by Gasteiger charge is 2.36. The summed E-state index contributed by atoms with van der Waals surface area (Å²) in [7, 11) is -3.48. The summed E-state index contributed by atoms with van der Waals surface area (Å²) in [6.07, 6.45) is 2.17. The molecule has 142 valence electrons. The van der Waals surface area contributed by atoms with Crippen LogP contribution in [0.4, 0.5) is 0 Å². The molecule has 0 saturated carbocycles. The first-order valence-corrected chi connectivity index (χ1v) is 10.6. The fourth-order valence-corrected chi connectivity index (χ4v) is 4.15. The van der Waals surface area contributed by atoms with Gasteiger partial charge >= 0.3 is 5.97 Å². The summed E-state index contributed by atoms with van der Waals surface area (Å²) < 4.78 is 23.8. The van der Waals surface area contributed by atoms with E-state index < -0.39 is 27.8 Å². The Hall–Kier alpha value is -2.67. The van der Waals surface area contributed by atoms with Crippen LogP contribution >= 0.6 is 0 Å². The molecule has 1 unspecified atom stereocenters. The summed E-state index contributed by atoms with van der Waals surface area (Å²) in [5, 5.41) is 9.77. The monoisotopic (exact) mass is 387 g/mol. The van der Waals surface area contributed by atoms with E-state index in [0.29, 0.717) is 24.0 Å². The molecule has 6 nitrogen and oxygen atoms in total. The number of aliphatic carboxylic acids is 1. The number of benzene rings is 2. The Kier molecular flexibility index (Phi) is 5.06. The van der Waals surface area contributed by atoms with Crippen molar-refractivity contribution in [2.24, 2.45) is 0 Å². The summed E-state index contributed by atoms with van der Waals surface area (Å²) >= 11 is 0. The van der Waals surface area contributed by atoms with Crippen LogP contribution in [0.15, 0.2) is 47.4 Å². The number of carbonyl (C=O) groups excluding carboxylic acids is 1. The SMILES string of the molecule is CCc1ccc(S(C)(=O)=O)cc1C(=O)N1CCc2ccccc2C1C(=O)O. The summed E-state index contributed by atoms with van der Waals surface area (Å²) in [5.41, 5.74) is 2.44. The number of carboxylic acids is 1. The number of carboxylic acid groups (broad SMARTS) is 1. The minimum Gasteiger partial charge on any atom is -0.479 e. The van der Waals surface area contributed by atoms with Gasteiger partial charge in [-0.15, -0.1) is 0 Å². The molecule has 0 radical (unpaired) electrons. The number of hydrogen-bond donors (Lipinski definition) is 1. The van der Waals surface area contributed by atoms with Gasteiger partial charge in [-0.05, 0) is 41.7 Å². The standard InChI is InChI=1S/C20H21NO5S/c1-3-13-8-9-15(27(2,25)26)12-17(13)19(22)21-11-10-14-6-4-5-7-16(14)18(21)20(23)24/h4-9,12,18H,3,10-11H2,1-2H3,(H,23,24). The van der Waals surface area contributed by atoms with E-state index >= 15 is 0 Å². The highest BCUT2D eigenvalue weighted by Crippen LogP contribution is 2.32. The van der Waals surface area contributed by atoms with Gasteiger partial charge in [0, 0.05) is 18.4 Å². The molecular weight excluding hydrogens is 366 g/mol. The molecule has 1 amide bonds. The van der Waals surface area contributed by atoms with Crippen molar-refractivity contribution >= 4 is 21.7 Å². The van der Waals surface area contributed by atoms with Crippen LogP contribution in [0.3, 0.4) is 0 Å². The zero-order valence-electron chi connectivity index (χ0n) is 15.2. The average Bonchev–Trinajstić information content (AvgIpc) is 2.65. The maximum Gasteiger partial charge on any atom is 0.331 e. The fraction of sp³-hybridized carbons (Fsp3) is 0.300. The van der Waals surface area contributed by atoms with Gasteiger partial charge in [0.25, 0.3) is 5.91 Å². The first-order valence-electron chi connectivity index (χ1n) is 8.68. The number of rotatable bonds is 4. The fourth-order valence-electron chi connectivity index (χ4n) is 3.50. The summed E-state index contributed by atoms with van der Waals surface area (Å²) in [6, 6.07) is 10.6.